The molecule has 0 bridgehead atoms. The van der Waals surface area contributed by atoms with Crippen LogP contribution in [0.15, 0.2) is 24.4 Å². The molecule has 0 saturated carbocycles. The van der Waals surface area contributed by atoms with E-state index in [-0.39, 0.29) is 17.7 Å². The van der Waals surface area contributed by atoms with Gasteiger partial charge in [0.05, 0.1) is 12.6 Å². The van der Waals surface area contributed by atoms with Crippen LogP contribution in [0.1, 0.15) is 52.1 Å². The molecule has 1 aromatic heterocycles. The maximum absolute atomic E-state index is 12.6. The lowest BCUT2D eigenvalue weighted by atomic mass is 9.84. The Morgan fingerprint density at radius 2 is 2.15 bits per heavy atom. The number of ether oxygens (including phenoxy) is 1. The Morgan fingerprint density at radius 1 is 1.38 bits per heavy atom. The highest BCUT2D eigenvalue weighted by atomic mass is 16.5. The van der Waals surface area contributed by atoms with Crippen LogP contribution in [0, 0.1) is 10.6 Å². The molecule has 1 atom stereocenters. The van der Waals surface area contributed by atoms with Crippen molar-refractivity contribution in [2.24, 2.45) is 5.41 Å². The monoisotopic (exact) mass is 362 g/mol. The van der Waals surface area contributed by atoms with Crippen molar-refractivity contribution in [3.05, 3.63) is 35.3 Å². The van der Waals surface area contributed by atoms with E-state index >= 15 is 0 Å². The van der Waals surface area contributed by atoms with Crippen molar-refractivity contribution in [2.45, 2.75) is 58.9 Å². The van der Waals surface area contributed by atoms with Crippen LogP contribution in [0.5, 0.6) is 0 Å². The quantitative estimate of drug-likeness (QED) is 0.292. The predicted octanol–water partition coefficient (Wildman–Crippen LogP) is 2.27. The van der Waals surface area contributed by atoms with Gasteiger partial charge in [-0.2, -0.15) is 4.73 Å². The highest BCUT2D eigenvalue weighted by molar-refractivity contribution is 6.38. The van der Waals surface area contributed by atoms with Gasteiger partial charge >= 0.3 is 0 Å². The van der Waals surface area contributed by atoms with E-state index < -0.39 is 5.41 Å². The molecule has 1 aliphatic rings. The van der Waals surface area contributed by atoms with Gasteiger partial charge in [-0.15, -0.1) is 0 Å². The van der Waals surface area contributed by atoms with Crippen molar-refractivity contribution in [3.63, 3.8) is 0 Å². The van der Waals surface area contributed by atoms with Gasteiger partial charge in [-0.1, -0.05) is 26.8 Å². The summed E-state index contributed by atoms with van der Waals surface area (Å²) in [5, 5.41) is 11.6. The highest BCUT2D eigenvalue weighted by Crippen LogP contribution is 2.25. The lowest BCUT2D eigenvalue weighted by molar-refractivity contribution is -0.614. The number of pyridine rings is 1. The molecule has 1 unspecified atom stereocenters. The molecule has 0 spiro atoms. The summed E-state index contributed by atoms with van der Waals surface area (Å²) in [6, 6.07) is 5.34. The van der Waals surface area contributed by atoms with Gasteiger partial charge in [0.15, 0.2) is 11.9 Å². The third-order valence-electron chi connectivity index (χ3n) is 5.27. The zero-order valence-electron chi connectivity index (χ0n) is 16.1. The topological polar surface area (TPSA) is 73.5 Å². The molecule has 6 nitrogen and oxygen atoms in total. The van der Waals surface area contributed by atoms with Crippen molar-refractivity contribution in [2.75, 3.05) is 19.8 Å². The molecule has 2 heterocycles. The Hall–Kier alpha value is -1.95. The van der Waals surface area contributed by atoms with Gasteiger partial charge in [-0.05, 0) is 25.7 Å². The Kier molecular flexibility index (Phi) is 7.14. The SMILES string of the molecule is CCC(C)(C)C(=O)C(=O)N1CCCC1COCCCc1cccc[n+]1[O-]. The van der Waals surface area contributed by atoms with E-state index in [0.29, 0.717) is 32.6 Å². The Bertz CT molecular complexity index is 630. The molecule has 26 heavy (non-hydrogen) atoms. The highest BCUT2D eigenvalue weighted by Gasteiger charge is 2.38. The van der Waals surface area contributed by atoms with Crippen LogP contribution in [0.4, 0.5) is 0 Å². The van der Waals surface area contributed by atoms with Crippen LogP contribution < -0.4 is 4.73 Å². The van der Waals surface area contributed by atoms with Crippen LogP contribution in [0.25, 0.3) is 0 Å². The number of likely N-dealkylation sites (tertiary alicyclic amines) is 1. The molecular formula is C20H30N2O4. The van der Waals surface area contributed by atoms with Gasteiger partial charge in [0.25, 0.3) is 5.91 Å². The number of carbonyl (C=O) groups is 2. The van der Waals surface area contributed by atoms with Gasteiger partial charge in [-0.25, -0.2) is 0 Å². The van der Waals surface area contributed by atoms with E-state index in [0.717, 1.165) is 29.7 Å². The minimum Gasteiger partial charge on any atom is -0.619 e. The van der Waals surface area contributed by atoms with Crippen LogP contribution in [0.2, 0.25) is 0 Å². The van der Waals surface area contributed by atoms with Crippen molar-refractivity contribution in [3.8, 4) is 0 Å². The van der Waals surface area contributed by atoms with E-state index in [1.807, 2.05) is 32.9 Å². The molecule has 1 aromatic rings. The summed E-state index contributed by atoms with van der Waals surface area (Å²) in [4.78, 5) is 26.7. The van der Waals surface area contributed by atoms with Crippen molar-refractivity contribution < 1.29 is 19.1 Å². The van der Waals surface area contributed by atoms with Crippen LogP contribution in [-0.4, -0.2) is 42.4 Å². The fourth-order valence-corrected chi connectivity index (χ4v) is 3.09. The Labute approximate surface area is 155 Å². The number of ketones is 1. The number of carbonyl (C=O) groups excluding carboxylic acids is 2. The summed E-state index contributed by atoms with van der Waals surface area (Å²) in [6.07, 6.45) is 5.30. The molecule has 144 valence electrons. The molecule has 1 saturated heterocycles. The second-order valence-electron chi connectivity index (χ2n) is 7.56. The van der Waals surface area contributed by atoms with Gasteiger partial charge in [0.1, 0.15) is 0 Å². The van der Waals surface area contributed by atoms with Crippen LogP contribution in [0.3, 0.4) is 0 Å². The first-order valence-corrected chi connectivity index (χ1v) is 9.47. The number of hydrogen-bond acceptors (Lipinski definition) is 4. The fourth-order valence-electron chi connectivity index (χ4n) is 3.09. The lowest BCUT2D eigenvalue weighted by Crippen LogP contribution is -2.46. The molecule has 6 heteroatoms. The largest absolute Gasteiger partial charge is 0.619 e. The summed E-state index contributed by atoms with van der Waals surface area (Å²) in [5.41, 5.74) is 0.107. The Morgan fingerprint density at radius 3 is 2.85 bits per heavy atom. The molecule has 1 fully saturated rings. The van der Waals surface area contributed by atoms with Crippen molar-refractivity contribution in [1.82, 2.24) is 4.90 Å². The second-order valence-corrected chi connectivity index (χ2v) is 7.56. The molecule has 1 amide bonds. The minimum absolute atomic E-state index is 0.0275. The van der Waals surface area contributed by atoms with E-state index in [9.17, 15) is 14.8 Å². The lowest BCUT2D eigenvalue weighted by Gasteiger charge is -2.28. The van der Waals surface area contributed by atoms with Crippen LogP contribution >= 0.6 is 0 Å². The summed E-state index contributed by atoms with van der Waals surface area (Å²) >= 11 is 0. The first-order valence-electron chi connectivity index (χ1n) is 9.47. The number of rotatable bonds is 9. The maximum atomic E-state index is 12.6. The average Bonchev–Trinajstić information content (AvgIpc) is 3.10. The zero-order valence-corrected chi connectivity index (χ0v) is 16.1. The second kappa shape index (κ2) is 9.12. The molecule has 2 rings (SSSR count). The standard InChI is InChI=1S/C20H30N2O4/c1-4-20(2,3)18(23)19(24)21-12-7-10-17(21)15-26-14-8-11-16-9-5-6-13-22(16)25/h5-6,9,13,17H,4,7-8,10-12,14-15H2,1-3H3. The van der Waals surface area contributed by atoms with Crippen molar-refractivity contribution >= 4 is 11.7 Å². The van der Waals surface area contributed by atoms with Crippen molar-refractivity contribution in [1.29, 1.82) is 0 Å². The number of Topliss-reactive ketones (excluding diaryl/α,β-unsaturated/α-hetero) is 1. The third kappa shape index (κ3) is 5.04. The predicted molar refractivity (Wildman–Crippen MR) is 98.4 cm³/mol. The summed E-state index contributed by atoms with van der Waals surface area (Å²) in [7, 11) is 0. The third-order valence-corrected chi connectivity index (χ3v) is 5.27. The molecule has 0 aliphatic carbocycles. The summed E-state index contributed by atoms with van der Waals surface area (Å²) < 4.78 is 6.61. The number of nitrogens with zero attached hydrogens (tertiary/aromatic N) is 2. The Balaban J connectivity index is 1.77. The van der Waals surface area contributed by atoms with E-state index in [4.69, 9.17) is 4.74 Å². The molecule has 0 aromatic carbocycles. The van der Waals surface area contributed by atoms with E-state index in [1.165, 1.54) is 6.20 Å². The van der Waals surface area contributed by atoms with Crippen LogP contribution in [-0.2, 0) is 20.7 Å². The first kappa shape index (κ1) is 20.4. The molecule has 0 N–H and O–H groups in total. The zero-order chi connectivity index (χ0) is 19.2. The number of hydrogen-bond donors (Lipinski definition) is 0. The number of amides is 1. The van der Waals surface area contributed by atoms with E-state index in [2.05, 4.69) is 0 Å². The van der Waals surface area contributed by atoms with Gasteiger partial charge in [0.2, 0.25) is 5.78 Å². The average molecular weight is 362 g/mol. The molecule has 0 radical (unpaired) electrons. The normalized spacial score (nSPS) is 17.5. The molecule has 1 aliphatic heterocycles. The number of aryl methyl sites for hydroxylation is 1. The fraction of sp³-hybridized carbons (Fsp3) is 0.650. The van der Waals surface area contributed by atoms with Gasteiger partial charge in [0, 0.05) is 37.1 Å². The summed E-state index contributed by atoms with van der Waals surface area (Å²) in [6.45, 7) is 7.16. The minimum atomic E-state index is -0.617. The smallest absolute Gasteiger partial charge is 0.290 e. The maximum Gasteiger partial charge on any atom is 0.290 e. The van der Waals surface area contributed by atoms with E-state index in [1.54, 1.807) is 11.0 Å². The summed E-state index contributed by atoms with van der Waals surface area (Å²) in [5.74, 6) is -0.685. The van der Waals surface area contributed by atoms with Gasteiger partial charge in [-0.3, -0.25) is 9.59 Å². The number of aromatic nitrogens is 1. The first-order chi connectivity index (χ1) is 12.4. The van der Waals surface area contributed by atoms with Gasteiger partial charge < -0.3 is 14.8 Å². The molecular weight excluding hydrogens is 332 g/mol.